The van der Waals surface area contributed by atoms with Crippen LogP contribution in [-0.4, -0.2) is 77.2 Å². The number of methoxy groups -OCH3 is 1. The minimum atomic E-state index is -5.00. The first kappa shape index (κ1) is 38.9. The highest BCUT2D eigenvalue weighted by atomic mass is 32.1. The minimum absolute atomic E-state index is 0.0444. The number of amides is 1. The van der Waals surface area contributed by atoms with Gasteiger partial charge in [0.25, 0.3) is 0 Å². The fraction of sp³-hybridized carbons (Fsp3) is 0.500. The summed E-state index contributed by atoms with van der Waals surface area (Å²) in [6, 6.07) is 5.24. The van der Waals surface area contributed by atoms with Gasteiger partial charge >= 0.3 is 12.2 Å². The van der Waals surface area contributed by atoms with Gasteiger partial charge in [-0.15, -0.1) is 11.3 Å². The van der Waals surface area contributed by atoms with Crippen molar-refractivity contribution in [3.8, 4) is 23.2 Å². The lowest BCUT2D eigenvalue weighted by molar-refractivity contribution is -0.137. The number of nitrogens with one attached hydrogen (secondary N) is 1. The number of alkyl halides is 4. The zero-order chi connectivity index (χ0) is 37.9. The molecule has 1 amide bonds. The van der Waals surface area contributed by atoms with E-state index in [1.165, 1.54) is 32.8 Å². The smallest absolute Gasteiger partial charge is 0.417 e. The number of anilines is 2. The standard InChI is InChI=1S/C21H14F5N5OS.C8H15NO.C7H12FN/c1-3-29-19-9-6-11(21(24,25)26)14(15(23)16(9)30-20(31-19)32-2)8-4-5-12(22)17-13(8)10(7-27)18(28)33-17;1-3-8(10)9-6-4-5-7(9)2;8-6-4-7-2-1-3-9(7)5-6/h4-6H,3,28H2,1-2H3,(H,29,30,31);7H,3-6H2,1-2H3;6-7H,1-5H2. The number of fused-ring (bicyclic) bond motifs is 3. The fourth-order valence-corrected chi connectivity index (χ4v) is 8.08. The number of carbonyl (C=O) groups is 1. The number of halogens is 6. The van der Waals surface area contributed by atoms with E-state index in [9.17, 15) is 32.0 Å². The van der Waals surface area contributed by atoms with Crippen molar-refractivity contribution in [2.24, 2.45) is 0 Å². The number of benzene rings is 2. The van der Waals surface area contributed by atoms with Crippen molar-refractivity contribution in [3.05, 3.63) is 41.0 Å². The minimum Gasteiger partial charge on any atom is -0.467 e. The molecule has 52 heavy (non-hydrogen) atoms. The Hall–Kier alpha value is -4.36. The number of rotatable bonds is 5. The molecule has 3 atom stereocenters. The van der Waals surface area contributed by atoms with Gasteiger partial charge in [0.15, 0.2) is 5.82 Å². The van der Waals surface area contributed by atoms with E-state index in [1.807, 2.05) is 11.8 Å². The number of thiophene rings is 1. The van der Waals surface area contributed by atoms with Crippen LogP contribution in [0.4, 0.5) is 37.2 Å². The zero-order valence-electron chi connectivity index (χ0n) is 29.3. The maximum atomic E-state index is 15.9. The molecule has 3 aliphatic rings. The third-order valence-electron chi connectivity index (χ3n) is 9.58. The number of carbonyl (C=O) groups excluding carboxylic acids is 1. The van der Waals surface area contributed by atoms with E-state index >= 15 is 4.39 Å². The molecule has 3 aliphatic heterocycles. The topological polar surface area (TPSA) is 120 Å². The van der Waals surface area contributed by atoms with Crippen LogP contribution in [0.3, 0.4) is 0 Å². The first-order chi connectivity index (χ1) is 24.7. The molecule has 16 heteroatoms. The molecule has 3 N–H and O–H groups in total. The third kappa shape index (κ3) is 7.85. The molecule has 9 nitrogen and oxygen atoms in total. The molecule has 7 rings (SSSR count). The first-order valence-electron chi connectivity index (χ1n) is 17.2. The maximum absolute atomic E-state index is 15.9. The molecule has 2 aromatic heterocycles. The molecule has 280 valence electrons. The molecule has 3 unspecified atom stereocenters. The monoisotopic (exact) mass is 749 g/mol. The van der Waals surface area contributed by atoms with E-state index < -0.39 is 40.6 Å². The Balaban J connectivity index is 0.000000221. The Bertz CT molecular complexity index is 1970. The number of aromatic nitrogens is 2. The third-order valence-corrected chi connectivity index (χ3v) is 10.6. The second-order valence-electron chi connectivity index (χ2n) is 12.9. The Labute approximate surface area is 301 Å². The van der Waals surface area contributed by atoms with E-state index in [4.69, 9.17) is 10.5 Å². The van der Waals surface area contributed by atoms with Crippen LogP contribution in [0.15, 0.2) is 18.2 Å². The summed E-state index contributed by atoms with van der Waals surface area (Å²) in [5.74, 6) is -1.84. The summed E-state index contributed by atoms with van der Waals surface area (Å²) in [6.45, 7) is 8.87. The van der Waals surface area contributed by atoms with Gasteiger partial charge in [0.2, 0.25) is 5.91 Å². The lowest BCUT2D eigenvalue weighted by Crippen LogP contribution is -2.32. The summed E-state index contributed by atoms with van der Waals surface area (Å²) >= 11 is 0.698. The largest absolute Gasteiger partial charge is 0.467 e. The number of ether oxygens (including phenoxy) is 1. The second kappa shape index (κ2) is 16.1. The van der Waals surface area contributed by atoms with Crippen molar-refractivity contribution in [1.29, 1.82) is 5.26 Å². The van der Waals surface area contributed by atoms with E-state index in [2.05, 4.69) is 27.1 Å². The van der Waals surface area contributed by atoms with Crippen LogP contribution in [-0.2, 0) is 11.0 Å². The molecule has 0 aliphatic carbocycles. The van der Waals surface area contributed by atoms with Crippen molar-refractivity contribution >= 4 is 49.1 Å². The average Bonchev–Trinajstić information content (AvgIpc) is 3.89. The molecule has 3 saturated heterocycles. The number of hydrogen-bond acceptors (Lipinski definition) is 9. The van der Waals surface area contributed by atoms with Crippen molar-refractivity contribution in [2.45, 2.75) is 83.7 Å². The lowest BCUT2D eigenvalue weighted by Gasteiger charge is -2.20. The Morgan fingerprint density at radius 1 is 1.17 bits per heavy atom. The molecule has 4 aromatic rings. The Morgan fingerprint density at radius 2 is 1.90 bits per heavy atom. The molecular formula is C36H41F6N7O2S. The summed E-state index contributed by atoms with van der Waals surface area (Å²) in [7, 11) is 1.23. The second-order valence-corrected chi connectivity index (χ2v) is 14.0. The summed E-state index contributed by atoms with van der Waals surface area (Å²) in [4.78, 5) is 23.3. The first-order valence-corrected chi connectivity index (χ1v) is 18.0. The lowest BCUT2D eigenvalue weighted by atomic mass is 9.92. The van der Waals surface area contributed by atoms with Gasteiger partial charge in [0.1, 0.15) is 34.4 Å². The van der Waals surface area contributed by atoms with Crippen molar-refractivity contribution in [1.82, 2.24) is 19.8 Å². The van der Waals surface area contributed by atoms with Crippen LogP contribution >= 0.6 is 11.3 Å². The fourth-order valence-electron chi connectivity index (χ4n) is 7.13. The molecule has 2 aromatic carbocycles. The van der Waals surface area contributed by atoms with E-state index in [0.29, 0.717) is 42.3 Å². The Kier molecular flexibility index (Phi) is 12.0. The van der Waals surface area contributed by atoms with Crippen LogP contribution in [0.2, 0.25) is 0 Å². The van der Waals surface area contributed by atoms with Gasteiger partial charge in [-0.05, 0) is 70.2 Å². The summed E-state index contributed by atoms with van der Waals surface area (Å²) in [5, 5.41) is 11.8. The number of likely N-dealkylation sites (tertiary alicyclic amines) is 1. The highest BCUT2D eigenvalue weighted by Crippen LogP contribution is 2.47. The number of nitriles is 1. The number of nitrogens with zero attached hydrogens (tertiary/aromatic N) is 5. The summed E-state index contributed by atoms with van der Waals surface area (Å²) in [6.07, 6.45) is 0.846. The average molecular weight is 750 g/mol. The van der Waals surface area contributed by atoms with Crippen molar-refractivity contribution in [2.75, 3.05) is 44.3 Å². The van der Waals surface area contributed by atoms with Crippen LogP contribution in [0.5, 0.6) is 6.01 Å². The molecule has 3 fully saturated rings. The van der Waals surface area contributed by atoms with E-state index in [1.54, 1.807) is 13.0 Å². The van der Waals surface area contributed by atoms with Gasteiger partial charge in [0, 0.05) is 54.5 Å². The highest BCUT2D eigenvalue weighted by molar-refractivity contribution is 7.23. The Morgan fingerprint density at radius 3 is 2.50 bits per heavy atom. The van der Waals surface area contributed by atoms with Gasteiger partial charge in [-0.1, -0.05) is 13.0 Å². The quantitative estimate of drug-likeness (QED) is 0.196. The van der Waals surface area contributed by atoms with Crippen molar-refractivity contribution in [3.63, 3.8) is 0 Å². The highest BCUT2D eigenvalue weighted by Gasteiger charge is 2.38. The predicted molar refractivity (Wildman–Crippen MR) is 190 cm³/mol. The molecule has 0 saturated carbocycles. The number of nitrogens with two attached hydrogens (primary N) is 1. The number of nitrogen functional groups attached to an aromatic ring is 1. The van der Waals surface area contributed by atoms with Gasteiger partial charge in [-0.25, -0.2) is 13.2 Å². The van der Waals surface area contributed by atoms with Gasteiger partial charge in [-0.3, -0.25) is 9.69 Å². The van der Waals surface area contributed by atoms with Gasteiger partial charge in [-0.2, -0.15) is 28.4 Å². The zero-order valence-corrected chi connectivity index (χ0v) is 30.2. The van der Waals surface area contributed by atoms with Crippen molar-refractivity contribution < 1.29 is 35.9 Å². The molecular weight excluding hydrogens is 708 g/mol. The van der Waals surface area contributed by atoms with Gasteiger partial charge in [0.05, 0.1) is 22.9 Å². The summed E-state index contributed by atoms with van der Waals surface area (Å²) < 4.78 is 90.2. The van der Waals surface area contributed by atoms with E-state index in [-0.39, 0.29) is 50.0 Å². The predicted octanol–water partition coefficient (Wildman–Crippen LogP) is 8.30. The van der Waals surface area contributed by atoms with Crippen LogP contribution in [0.1, 0.15) is 70.4 Å². The SMILES string of the molecule is CCC(=O)N1CCCC1C.CCNc1nc(OC)nc2c(F)c(-c3ccc(F)c4sc(N)c(C#N)c34)c(C(F)(F)F)cc12.FC1CC2CCCN2C1. The molecule has 5 heterocycles. The number of hydrogen-bond donors (Lipinski definition) is 2. The van der Waals surface area contributed by atoms with Crippen LogP contribution in [0, 0.1) is 23.0 Å². The molecule has 0 spiro atoms. The molecule has 0 radical (unpaired) electrons. The van der Waals surface area contributed by atoms with E-state index in [0.717, 1.165) is 37.7 Å². The van der Waals surface area contributed by atoms with Gasteiger partial charge < -0.3 is 20.7 Å². The van der Waals surface area contributed by atoms with Crippen LogP contribution < -0.4 is 15.8 Å². The van der Waals surface area contributed by atoms with Crippen LogP contribution in [0.25, 0.3) is 32.1 Å². The normalized spacial score (nSPS) is 19.9. The molecule has 0 bridgehead atoms. The summed E-state index contributed by atoms with van der Waals surface area (Å²) in [5.41, 5.74) is 2.59. The maximum Gasteiger partial charge on any atom is 0.417 e.